The molecule has 1 aliphatic carbocycles. The van der Waals surface area contributed by atoms with Crippen LogP contribution < -0.4 is 0 Å². The smallest absolute Gasteiger partial charge is 0.261 e. The number of fused-ring (bicyclic) bond motifs is 1. The van der Waals surface area contributed by atoms with Crippen LogP contribution in [0.15, 0.2) is 0 Å². The molecular weight excluding hydrogens is 518 g/mol. The fourth-order valence-corrected chi connectivity index (χ4v) is 5.09. The molecule has 0 radical (unpaired) electrons. The van der Waals surface area contributed by atoms with E-state index >= 15 is 0 Å². The number of aromatic hydroxyl groups is 9. The minimum atomic E-state index is -3.53. The third-order valence-corrected chi connectivity index (χ3v) is 7.27. The van der Waals surface area contributed by atoms with Crippen LogP contribution >= 0.6 is 0 Å². The van der Waals surface area contributed by atoms with Crippen molar-refractivity contribution in [2.75, 3.05) is 13.1 Å². The number of aliphatic hydroxyl groups is 5. The maximum Gasteiger partial charge on any atom is 0.261 e. The van der Waals surface area contributed by atoms with E-state index in [9.17, 15) is 76.3 Å². The summed E-state index contributed by atoms with van der Waals surface area (Å²) in [5.41, 5.74) is -6.39. The number of rotatable bonds is 4. The van der Waals surface area contributed by atoms with Crippen molar-refractivity contribution in [3.05, 3.63) is 16.7 Å². The first-order chi connectivity index (χ1) is 17.4. The summed E-state index contributed by atoms with van der Waals surface area (Å²) < 4.78 is 0. The number of nitrogens with zero attached hydrogens (tertiary/aromatic N) is 1. The number of ketones is 1. The molecular formula is C22H25NO15. The topological polar surface area (TPSA) is 304 Å². The molecule has 1 aliphatic heterocycles. The fraction of sp³-hybridized carbons (Fsp3) is 0.409. The second-order valence-corrected chi connectivity index (χ2v) is 9.39. The lowest BCUT2D eigenvalue weighted by Gasteiger charge is -2.42. The van der Waals surface area contributed by atoms with E-state index in [-0.39, 0.29) is 25.9 Å². The number of likely N-dealkylation sites (tertiary alicyclic amines) is 1. The van der Waals surface area contributed by atoms with Crippen LogP contribution in [0, 0.1) is 5.92 Å². The first-order valence-corrected chi connectivity index (χ1v) is 11.0. The van der Waals surface area contributed by atoms with Crippen LogP contribution in [0.25, 0.3) is 0 Å². The minimum Gasteiger partial charge on any atom is -0.504 e. The summed E-state index contributed by atoms with van der Waals surface area (Å²) in [4.78, 5) is 13.8. The molecule has 2 aliphatic rings. The molecule has 14 N–H and O–H groups in total. The molecule has 16 heteroatoms. The van der Waals surface area contributed by atoms with Gasteiger partial charge in [0.25, 0.3) is 5.91 Å². The Morgan fingerprint density at radius 1 is 0.684 bits per heavy atom. The summed E-state index contributed by atoms with van der Waals surface area (Å²) in [7, 11) is 0. The van der Waals surface area contributed by atoms with E-state index in [1.165, 1.54) is 0 Å². The molecule has 0 amide bonds. The number of hydrogen-bond acceptors (Lipinski definition) is 16. The van der Waals surface area contributed by atoms with Gasteiger partial charge in [0.05, 0.1) is 11.1 Å². The van der Waals surface area contributed by atoms with Gasteiger partial charge < -0.3 is 71.5 Å². The van der Waals surface area contributed by atoms with E-state index in [0.717, 1.165) is 4.90 Å². The Kier molecular flexibility index (Phi) is 5.91. The van der Waals surface area contributed by atoms with E-state index in [0.29, 0.717) is 0 Å². The van der Waals surface area contributed by atoms with Gasteiger partial charge in [-0.3, -0.25) is 4.79 Å². The third-order valence-electron chi connectivity index (χ3n) is 7.27. The van der Waals surface area contributed by atoms with Crippen molar-refractivity contribution in [2.24, 2.45) is 5.92 Å². The van der Waals surface area contributed by atoms with E-state index in [1.54, 1.807) is 0 Å². The van der Waals surface area contributed by atoms with Crippen LogP contribution in [0.2, 0.25) is 0 Å². The highest BCUT2D eigenvalue weighted by Gasteiger charge is 2.65. The molecule has 0 bridgehead atoms. The van der Waals surface area contributed by atoms with Crippen LogP contribution in [0.5, 0.6) is 51.7 Å². The second-order valence-electron chi connectivity index (χ2n) is 9.39. The maximum atomic E-state index is 13.0. The van der Waals surface area contributed by atoms with Gasteiger partial charge in [-0.2, -0.15) is 0 Å². The Morgan fingerprint density at radius 3 is 1.61 bits per heavy atom. The second kappa shape index (κ2) is 8.29. The monoisotopic (exact) mass is 543 g/mol. The van der Waals surface area contributed by atoms with Crippen molar-refractivity contribution in [2.45, 2.75) is 36.6 Å². The van der Waals surface area contributed by atoms with Gasteiger partial charge in [-0.05, 0) is 25.2 Å². The molecule has 1 saturated heterocycles. The Balaban J connectivity index is 1.59. The molecule has 16 nitrogen and oxygen atoms in total. The first kappa shape index (κ1) is 27.1. The highest BCUT2D eigenvalue weighted by atomic mass is 16.5. The molecule has 1 heterocycles. The zero-order valence-electron chi connectivity index (χ0n) is 19.2. The highest BCUT2D eigenvalue weighted by molar-refractivity contribution is 6.11. The SMILES string of the molecule is O=C1c2c(O)c(O)c(O)c(O)c2C(O)(O)C1(O)CC1CCN(C(O)(O)c2c(O)c(O)c(O)c(O)c2O)CC1. The van der Waals surface area contributed by atoms with Crippen molar-refractivity contribution in [1.82, 2.24) is 4.90 Å². The van der Waals surface area contributed by atoms with Crippen molar-refractivity contribution < 1.29 is 76.3 Å². The molecule has 4 rings (SSSR count). The summed E-state index contributed by atoms with van der Waals surface area (Å²) in [5, 5.41) is 142. The number of hydrogen-bond donors (Lipinski definition) is 14. The van der Waals surface area contributed by atoms with Crippen LogP contribution in [0.4, 0.5) is 0 Å². The molecule has 2 aromatic carbocycles. The molecule has 0 saturated carbocycles. The lowest BCUT2D eigenvalue weighted by molar-refractivity contribution is -0.285. The average molecular weight is 543 g/mol. The third kappa shape index (κ3) is 3.35. The summed E-state index contributed by atoms with van der Waals surface area (Å²) in [6, 6.07) is 0. The van der Waals surface area contributed by atoms with Crippen LogP contribution in [0.3, 0.4) is 0 Å². The van der Waals surface area contributed by atoms with Gasteiger partial charge in [-0.25, -0.2) is 4.90 Å². The fourth-order valence-electron chi connectivity index (χ4n) is 5.09. The number of phenolic OH excluding ortho intramolecular Hbond substituents is 9. The Bertz CT molecular complexity index is 1320. The Hall–Kier alpha value is -3.93. The molecule has 208 valence electrons. The molecule has 2 aromatic rings. The van der Waals surface area contributed by atoms with Crippen molar-refractivity contribution in [3.8, 4) is 51.7 Å². The highest BCUT2D eigenvalue weighted by Crippen LogP contribution is 2.59. The molecule has 1 unspecified atom stereocenters. The largest absolute Gasteiger partial charge is 0.504 e. The predicted molar refractivity (Wildman–Crippen MR) is 118 cm³/mol. The summed E-state index contributed by atoms with van der Waals surface area (Å²) >= 11 is 0. The normalized spacial score (nSPS) is 22.1. The van der Waals surface area contributed by atoms with E-state index in [4.69, 9.17) is 0 Å². The van der Waals surface area contributed by atoms with E-state index in [2.05, 4.69) is 0 Å². The summed E-state index contributed by atoms with van der Waals surface area (Å²) in [5.74, 6) is -21.0. The van der Waals surface area contributed by atoms with E-state index < -0.39 is 104 Å². The standard InChI is InChI=1S/C22H25NO15/c24-10-7-8(11(25)15(29)14(10)28)21(35,36)20(34,19(7)33)5-6-1-3-23(4-2-6)22(37,38)9-12(26)16(30)18(32)17(31)13(9)27/h6,24-32,34-38H,1-5H2. The lowest BCUT2D eigenvalue weighted by atomic mass is 9.79. The van der Waals surface area contributed by atoms with Crippen molar-refractivity contribution in [3.63, 3.8) is 0 Å². The zero-order valence-corrected chi connectivity index (χ0v) is 19.2. The van der Waals surface area contributed by atoms with Crippen LogP contribution in [-0.2, 0) is 11.7 Å². The zero-order chi connectivity index (χ0) is 28.7. The van der Waals surface area contributed by atoms with Crippen LogP contribution in [-0.4, -0.2) is 101 Å². The summed E-state index contributed by atoms with van der Waals surface area (Å²) in [6.45, 7) is -0.615. The van der Waals surface area contributed by atoms with Gasteiger partial charge in [0.15, 0.2) is 28.6 Å². The van der Waals surface area contributed by atoms with E-state index in [1.807, 2.05) is 0 Å². The minimum absolute atomic E-state index is 0.100. The van der Waals surface area contributed by atoms with Crippen molar-refractivity contribution >= 4 is 5.78 Å². The molecule has 1 atom stereocenters. The lowest BCUT2D eigenvalue weighted by Crippen LogP contribution is -2.55. The Labute approximate surface area is 211 Å². The number of Topliss-reactive ketones (excluding diaryl/α,β-unsaturated/α-hetero) is 1. The number of piperidine rings is 1. The van der Waals surface area contributed by atoms with Gasteiger partial charge in [-0.1, -0.05) is 0 Å². The van der Waals surface area contributed by atoms with Crippen molar-refractivity contribution in [1.29, 1.82) is 0 Å². The number of carbonyl (C=O) groups excluding carboxylic acids is 1. The number of phenols is 9. The number of benzene rings is 2. The van der Waals surface area contributed by atoms with Gasteiger partial charge in [-0.15, -0.1) is 0 Å². The van der Waals surface area contributed by atoms with Gasteiger partial charge >= 0.3 is 0 Å². The predicted octanol–water partition coefficient (Wildman–Crippen LogP) is -2.00. The van der Waals surface area contributed by atoms with Gasteiger partial charge in [0.2, 0.25) is 40.3 Å². The van der Waals surface area contributed by atoms with Crippen LogP contribution in [0.1, 0.15) is 40.7 Å². The Morgan fingerprint density at radius 2 is 1.11 bits per heavy atom. The average Bonchev–Trinajstić information content (AvgIpc) is 3.01. The van der Waals surface area contributed by atoms with Gasteiger partial charge in [0.1, 0.15) is 5.56 Å². The first-order valence-electron chi connectivity index (χ1n) is 11.0. The molecule has 1 fully saturated rings. The summed E-state index contributed by atoms with van der Waals surface area (Å²) in [6.07, 6.45) is -0.920. The quantitative estimate of drug-likeness (QED) is 0.113. The van der Waals surface area contributed by atoms with Gasteiger partial charge in [0, 0.05) is 13.1 Å². The maximum absolute atomic E-state index is 13.0. The molecule has 38 heavy (non-hydrogen) atoms. The number of carbonyl (C=O) groups is 1. The molecule has 0 aromatic heterocycles. The molecule has 0 spiro atoms.